The average molecular weight is 250 g/mol. The second-order valence-corrected chi connectivity index (χ2v) is 4.63. The second kappa shape index (κ2) is 6.42. The first-order valence-corrected chi connectivity index (χ1v) is 5.47. The molecule has 0 saturated carbocycles. The van der Waals surface area contributed by atoms with Crippen LogP contribution >= 0.6 is 0 Å². The fraction of sp³-hybridized carbons (Fsp3) is 0.467. The van der Waals surface area contributed by atoms with Crippen molar-refractivity contribution >= 4 is 0 Å². The van der Waals surface area contributed by atoms with Gasteiger partial charge in [0, 0.05) is 0 Å². The van der Waals surface area contributed by atoms with Crippen LogP contribution in [-0.4, -0.2) is 0 Å². The van der Waals surface area contributed by atoms with Gasteiger partial charge in [0.15, 0.2) is 0 Å². The van der Waals surface area contributed by atoms with Crippen molar-refractivity contribution in [3.8, 4) is 0 Å². The third-order valence-electron chi connectivity index (χ3n) is 3.15. The average Bonchev–Trinajstić information content (AvgIpc) is 2.76. The van der Waals surface area contributed by atoms with E-state index in [1.807, 2.05) is 12.2 Å². The van der Waals surface area contributed by atoms with Crippen molar-refractivity contribution in [1.82, 2.24) is 0 Å². The van der Waals surface area contributed by atoms with Crippen LogP contribution in [-0.2, 0) is 21.7 Å². The van der Waals surface area contributed by atoms with E-state index in [9.17, 15) is 0 Å². The summed E-state index contributed by atoms with van der Waals surface area (Å²) in [6.07, 6.45) is 13.4. The topological polar surface area (TPSA) is 0 Å². The SMILES string of the molecule is CC1=[C-]C(C)(C)C(C)=C1C.[C-]1=CC=CC1.[H-].[H-].[Ti+2]. The molecule has 16 heavy (non-hydrogen) atoms. The van der Waals surface area contributed by atoms with Crippen molar-refractivity contribution in [2.45, 2.75) is 41.0 Å². The second-order valence-electron chi connectivity index (χ2n) is 4.63. The van der Waals surface area contributed by atoms with E-state index < -0.39 is 0 Å². The molecule has 0 amide bonds. The van der Waals surface area contributed by atoms with Crippen LogP contribution in [0.5, 0.6) is 0 Å². The van der Waals surface area contributed by atoms with Crippen LogP contribution in [0.3, 0.4) is 0 Å². The zero-order chi connectivity index (χ0) is 11.5. The first-order valence-electron chi connectivity index (χ1n) is 5.47. The quantitative estimate of drug-likeness (QED) is 0.434. The van der Waals surface area contributed by atoms with E-state index in [-0.39, 0.29) is 30.0 Å². The maximum Gasteiger partial charge on any atom is 2.00 e. The normalized spacial score (nSPS) is 20.2. The zero-order valence-electron chi connectivity index (χ0n) is 12.9. The smallest absolute Gasteiger partial charge is 1.00 e. The molecule has 88 valence electrons. The molecule has 0 aromatic carbocycles. The summed E-state index contributed by atoms with van der Waals surface area (Å²) in [7, 11) is 0. The molecule has 0 nitrogen and oxygen atoms in total. The summed E-state index contributed by atoms with van der Waals surface area (Å²) in [4.78, 5) is 0. The van der Waals surface area contributed by atoms with Gasteiger partial charge < -0.3 is 2.85 Å². The van der Waals surface area contributed by atoms with E-state index in [2.05, 4.69) is 52.8 Å². The number of hydrogen-bond donors (Lipinski definition) is 0. The molecule has 0 atom stereocenters. The monoisotopic (exact) mass is 250 g/mol. The molecular formula is C15H22Ti-2. The van der Waals surface area contributed by atoms with E-state index in [0.29, 0.717) is 0 Å². The summed E-state index contributed by atoms with van der Waals surface area (Å²) < 4.78 is 0. The van der Waals surface area contributed by atoms with Crippen LogP contribution in [0, 0.1) is 17.6 Å². The molecular weight excluding hydrogens is 228 g/mol. The van der Waals surface area contributed by atoms with E-state index in [1.54, 1.807) is 0 Å². The Morgan fingerprint density at radius 3 is 2.00 bits per heavy atom. The van der Waals surface area contributed by atoms with Crippen molar-refractivity contribution < 1.29 is 24.6 Å². The minimum Gasteiger partial charge on any atom is -1.00 e. The molecule has 0 unspecified atom stereocenters. The molecule has 0 spiro atoms. The van der Waals surface area contributed by atoms with Crippen molar-refractivity contribution in [3.05, 3.63) is 47.1 Å². The van der Waals surface area contributed by atoms with E-state index in [4.69, 9.17) is 0 Å². The first-order chi connectivity index (χ1) is 6.95. The third kappa shape index (κ3) is 3.92. The molecule has 0 heterocycles. The predicted octanol–water partition coefficient (Wildman–Crippen LogP) is 4.64. The molecule has 2 aliphatic rings. The van der Waals surface area contributed by atoms with Gasteiger partial charge in [-0.15, -0.1) is 13.3 Å². The molecule has 2 rings (SSSR count). The predicted molar refractivity (Wildman–Crippen MR) is 68.4 cm³/mol. The maximum absolute atomic E-state index is 3.44. The Bertz CT molecular complexity index is 351. The Morgan fingerprint density at radius 1 is 1.25 bits per heavy atom. The van der Waals surface area contributed by atoms with Crippen LogP contribution in [0.1, 0.15) is 43.9 Å². The largest absolute Gasteiger partial charge is 2.00 e. The molecule has 0 aromatic heterocycles. The molecule has 2 aliphatic carbocycles. The Balaban J connectivity index is -0.000000245. The summed E-state index contributed by atoms with van der Waals surface area (Å²) in [6.45, 7) is 10.9. The number of hydrogen-bond acceptors (Lipinski definition) is 0. The molecule has 0 fully saturated rings. The Kier molecular flexibility index (Phi) is 6.29. The summed E-state index contributed by atoms with van der Waals surface area (Å²) in [6, 6.07) is 0. The van der Waals surface area contributed by atoms with Gasteiger partial charge in [-0.05, 0) is 0 Å². The van der Waals surface area contributed by atoms with Gasteiger partial charge in [0.05, 0.1) is 0 Å². The first kappa shape index (κ1) is 15.7. The van der Waals surface area contributed by atoms with Crippen LogP contribution < -0.4 is 0 Å². The van der Waals surface area contributed by atoms with Gasteiger partial charge in [-0.25, -0.2) is 17.7 Å². The summed E-state index contributed by atoms with van der Waals surface area (Å²) in [5.74, 6) is 0. The van der Waals surface area contributed by atoms with Crippen LogP contribution in [0.25, 0.3) is 0 Å². The number of allylic oxidation sites excluding steroid dienone is 8. The standard InChI is InChI=1S/C10H15.C5H5.Ti.2H/c1-7-6-10(4,5)9(3)8(7)2;1-2-4-5-3-1;;;/h1-5H3;1-3H,4H2;;;/q2*-1;+2;2*-1. The molecule has 0 saturated heterocycles. The zero-order valence-corrected chi connectivity index (χ0v) is 12.5. The Morgan fingerprint density at radius 2 is 1.88 bits per heavy atom. The summed E-state index contributed by atoms with van der Waals surface area (Å²) >= 11 is 0. The van der Waals surface area contributed by atoms with Crippen LogP contribution in [0.4, 0.5) is 0 Å². The Hall–Kier alpha value is -0.326. The molecule has 0 aliphatic heterocycles. The van der Waals surface area contributed by atoms with Gasteiger partial charge in [-0.3, -0.25) is 12.2 Å². The van der Waals surface area contributed by atoms with Crippen molar-refractivity contribution in [2.24, 2.45) is 5.41 Å². The van der Waals surface area contributed by atoms with Gasteiger partial charge in [-0.2, -0.15) is 17.2 Å². The van der Waals surface area contributed by atoms with E-state index in [0.717, 1.165) is 6.42 Å². The molecule has 0 aromatic rings. The van der Waals surface area contributed by atoms with Gasteiger partial charge in [0.2, 0.25) is 0 Å². The fourth-order valence-corrected chi connectivity index (χ4v) is 1.75. The third-order valence-corrected chi connectivity index (χ3v) is 3.15. The Labute approximate surface area is 118 Å². The summed E-state index contributed by atoms with van der Waals surface area (Å²) in [5, 5.41) is 0. The van der Waals surface area contributed by atoms with Crippen LogP contribution in [0.2, 0.25) is 0 Å². The van der Waals surface area contributed by atoms with E-state index >= 15 is 0 Å². The molecule has 1 heteroatoms. The van der Waals surface area contributed by atoms with Gasteiger partial charge >= 0.3 is 21.7 Å². The molecule has 0 N–H and O–H groups in total. The van der Waals surface area contributed by atoms with Crippen LogP contribution in [0.15, 0.2) is 34.9 Å². The van der Waals surface area contributed by atoms with Crippen molar-refractivity contribution in [3.63, 3.8) is 0 Å². The van der Waals surface area contributed by atoms with E-state index in [1.165, 1.54) is 16.7 Å². The van der Waals surface area contributed by atoms with Gasteiger partial charge in [-0.1, -0.05) is 33.1 Å². The number of rotatable bonds is 0. The van der Waals surface area contributed by atoms with Crippen molar-refractivity contribution in [1.29, 1.82) is 0 Å². The van der Waals surface area contributed by atoms with Crippen molar-refractivity contribution in [2.75, 3.05) is 0 Å². The minimum atomic E-state index is 0. The maximum atomic E-state index is 3.44. The molecule has 0 bridgehead atoms. The van der Waals surface area contributed by atoms with Gasteiger partial charge in [0.25, 0.3) is 0 Å². The fourth-order valence-electron chi connectivity index (χ4n) is 1.75. The van der Waals surface area contributed by atoms with Gasteiger partial charge in [0.1, 0.15) is 0 Å². The minimum absolute atomic E-state index is 0. The molecule has 0 radical (unpaired) electrons. The summed E-state index contributed by atoms with van der Waals surface area (Å²) in [5.41, 5.74) is 4.39.